The molecule has 11 atom stereocenters. The number of amides is 11. The third-order valence-electron chi connectivity index (χ3n) is 18.1. The van der Waals surface area contributed by atoms with Crippen molar-refractivity contribution in [2.45, 2.75) is 184 Å². The number of aliphatic carboxylic acids is 2. The number of aliphatic hydroxyl groups excluding tert-OH is 3. The number of imidazole rings is 1. The van der Waals surface area contributed by atoms with Crippen molar-refractivity contribution in [1.29, 1.82) is 0 Å². The number of aromatic nitrogens is 2. The van der Waals surface area contributed by atoms with E-state index in [2.05, 4.69) is 57.8 Å². The third kappa shape index (κ3) is 24.2. The largest absolute Gasteiger partial charge is 0.497 e. The number of halogens is 1. The van der Waals surface area contributed by atoms with Crippen molar-refractivity contribution in [3.63, 3.8) is 0 Å². The Morgan fingerprint density at radius 2 is 1.32 bits per heavy atom. The van der Waals surface area contributed by atoms with Gasteiger partial charge in [0, 0.05) is 38.4 Å². The number of nitrogens with zero attached hydrogens (tertiary/aromatic N) is 2. The van der Waals surface area contributed by atoms with E-state index in [1.54, 1.807) is 43.6 Å². The van der Waals surface area contributed by atoms with Crippen LogP contribution in [0.5, 0.6) is 5.75 Å². The summed E-state index contributed by atoms with van der Waals surface area (Å²) in [6.45, 7) is 4.57. The van der Waals surface area contributed by atoms with Crippen molar-refractivity contribution in [2.75, 3.05) is 26.8 Å². The predicted octanol–water partition coefficient (Wildman–Crippen LogP) is -0.428. The minimum Gasteiger partial charge on any atom is -0.497 e. The highest BCUT2D eigenvalue weighted by Gasteiger charge is 2.47. The first-order valence-electron chi connectivity index (χ1n) is 34.5. The van der Waals surface area contributed by atoms with Gasteiger partial charge in [0.05, 0.1) is 50.9 Å². The number of primary amides is 1. The molecule has 106 heavy (non-hydrogen) atoms. The first kappa shape index (κ1) is 83.8. The normalized spacial score (nSPS) is 16.4. The number of carboxylic acid groups (broad SMARTS) is 2. The molecule has 17 N–H and O–H groups in total. The van der Waals surface area contributed by atoms with Crippen LogP contribution in [-0.2, 0) is 94.4 Å². The molecule has 1 aromatic heterocycles. The number of carboxylic acids is 2. The van der Waals surface area contributed by atoms with Crippen molar-refractivity contribution in [3.05, 3.63) is 143 Å². The summed E-state index contributed by atoms with van der Waals surface area (Å²) in [4.78, 5) is 186. The number of hydrogen-bond acceptors (Lipinski definition) is 18. The molecule has 1 fully saturated rings. The number of aryl methyl sites for hydroxylation is 3. The molecule has 4 aromatic carbocycles. The van der Waals surface area contributed by atoms with Crippen LogP contribution in [0.4, 0.5) is 4.39 Å². The summed E-state index contributed by atoms with van der Waals surface area (Å²) in [5.41, 5.74) is 6.38. The molecule has 0 saturated carbocycles. The van der Waals surface area contributed by atoms with Gasteiger partial charge < -0.3 is 93.7 Å². The standard InChI is InChI=1S/C73H94FN13O19/c1-7-45-34-49(106-6)26-27-50(45)46-23-21-44(22-24-46)33-54(65(99)79-52(63(75)97)20-13-17-43-15-9-8-10-16-43)80-66(100)55(35-60(95)96)81-67(101)56(39-88)82-68(102)61(41(2)89)85-70(104)72(4,36-47-18-11-12-19-51(47)74)86-69(103)62(42(3)90)84-57(91)38-77-64(98)53(28-30-59(93)94)83-71(105)73(5)31-14-32-87(73)58(92)29-25-48-37-76-40-78-48/h8-12,15-16,18-19,21-24,26-27,34,37,40-42,52-56,61-62,88-90H,7,13-14,17,20,25,28-33,35-36,38-39H2,1-6H3,(H2,75,97)(H,76,78)(H,77,98)(H,79,99)(H,80,100)(H,81,101)(H,82,102)(H,83,105)(H,84,91)(H,85,104)(H,86,103)(H,93,94)(H,95,96)/t41-,42-,52+,53+,54+,55+,56+,61+,62+,72+,73+/m1/s1. The maximum Gasteiger partial charge on any atom is 0.305 e. The molecular weight excluding hydrogens is 1380 g/mol. The van der Waals surface area contributed by atoms with E-state index < -0.39 is 181 Å². The lowest BCUT2D eigenvalue weighted by Crippen LogP contribution is -2.67. The Balaban J connectivity index is 1.16. The summed E-state index contributed by atoms with van der Waals surface area (Å²) >= 11 is 0. The van der Waals surface area contributed by atoms with Gasteiger partial charge in [-0.3, -0.25) is 62.3 Å². The van der Waals surface area contributed by atoms with E-state index in [9.17, 15) is 87.9 Å². The van der Waals surface area contributed by atoms with E-state index in [-0.39, 0.29) is 50.1 Å². The molecule has 0 unspecified atom stereocenters. The van der Waals surface area contributed by atoms with Gasteiger partial charge >= 0.3 is 11.9 Å². The monoisotopic (exact) mass is 1480 g/mol. The fraction of sp³-hybridized carbons (Fsp3) is 0.452. The Labute approximate surface area is 610 Å². The Hall–Kier alpha value is -11.2. The van der Waals surface area contributed by atoms with Gasteiger partial charge in [-0.25, -0.2) is 9.37 Å². The molecule has 0 bridgehead atoms. The molecule has 1 saturated heterocycles. The van der Waals surface area contributed by atoms with Gasteiger partial charge in [0.25, 0.3) is 0 Å². The number of carbonyl (C=O) groups excluding carboxylic acids is 11. The van der Waals surface area contributed by atoms with Crippen LogP contribution in [0.15, 0.2) is 110 Å². The first-order valence-corrected chi connectivity index (χ1v) is 34.5. The maximum atomic E-state index is 15.5. The van der Waals surface area contributed by atoms with Crippen LogP contribution in [0, 0.1) is 5.82 Å². The highest BCUT2D eigenvalue weighted by Crippen LogP contribution is 2.32. The average Bonchev–Trinajstić information content (AvgIpc) is 1.80. The highest BCUT2D eigenvalue weighted by atomic mass is 19.1. The Morgan fingerprint density at radius 3 is 1.93 bits per heavy atom. The number of hydrogen-bond donors (Lipinski definition) is 16. The molecule has 1 aliphatic heterocycles. The molecule has 32 nitrogen and oxygen atoms in total. The Kier molecular flexibility index (Phi) is 31.3. The molecule has 6 rings (SSSR count). The summed E-state index contributed by atoms with van der Waals surface area (Å²) in [6.07, 6.45) is -1.35. The number of methoxy groups -OCH3 is 1. The molecule has 2 heterocycles. The zero-order valence-electron chi connectivity index (χ0n) is 59.7. The van der Waals surface area contributed by atoms with Crippen LogP contribution >= 0.6 is 0 Å². The summed E-state index contributed by atoms with van der Waals surface area (Å²) in [7, 11) is 1.55. The van der Waals surface area contributed by atoms with Crippen LogP contribution in [0.3, 0.4) is 0 Å². The topological polar surface area (TPSA) is 498 Å². The van der Waals surface area contributed by atoms with Gasteiger partial charge in [-0.15, -0.1) is 0 Å². The van der Waals surface area contributed by atoms with E-state index in [1.807, 2.05) is 49.4 Å². The molecule has 0 spiro atoms. The van der Waals surface area contributed by atoms with E-state index >= 15 is 4.39 Å². The average molecular weight is 1480 g/mol. The number of likely N-dealkylation sites (tertiary alicyclic amines) is 1. The SMILES string of the molecule is CCc1cc(OC)ccc1-c1ccc(C[C@H](NC(=O)[C@H](CC(=O)O)NC(=O)[C@H](CO)NC(=O)[C@@H](NC(=O)[C@](C)(Cc2ccccc2F)NC(=O)[C@@H](NC(=O)CNC(=O)[C@H](CCC(=O)O)NC(=O)[C@]2(C)CCCN2C(=O)CCc2c[nH]cn2)[C@@H](C)O)[C@@H](C)O)C(=O)N[C@@H](CCCc2ccccc2)C(N)=O)cc1. The molecule has 11 amide bonds. The molecule has 0 aliphatic carbocycles. The maximum absolute atomic E-state index is 15.5. The Bertz CT molecular complexity index is 3920. The van der Waals surface area contributed by atoms with Gasteiger partial charge in [0.1, 0.15) is 64.9 Å². The number of nitrogens with one attached hydrogen (secondary N) is 10. The fourth-order valence-electron chi connectivity index (χ4n) is 12.1. The van der Waals surface area contributed by atoms with Gasteiger partial charge in [-0.1, -0.05) is 85.8 Å². The van der Waals surface area contributed by atoms with Crippen LogP contribution in [0.1, 0.15) is 114 Å². The molecule has 1 aliphatic rings. The second kappa shape index (κ2) is 39.6. The molecule has 5 aromatic rings. The van der Waals surface area contributed by atoms with E-state index in [0.29, 0.717) is 42.7 Å². The van der Waals surface area contributed by atoms with Crippen molar-refractivity contribution in [2.24, 2.45) is 5.73 Å². The minimum atomic E-state index is -2.41. The fourth-order valence-corrected chi connectivity index (χ4v) is 12.1. The number of aliphatic hydroxyl groups is 3. The van der Waals surface area contributed by atoms with E-state index in [0.717, 1.165) is 49.1 Å². The number of H-pyrrole nitrogens is 1. The van der Waals surface area contributed by atoms with Crippen LogP contribution < -0.4 is 58.3 Å². The van der Waals surface area contributed by atoms with Crippen molar-refractivity contribution in [1.82, 2.24) is 62.7 Å². The van der Waals surface area contributed by atoms with Crippen molar-refractivity contribution >= 4 is 76.9 Å². The molecular formula is C73H94FN13O19. The number of ether oxygens (including phenoxy) is 1. The quantitative estimate of drug-likeness (QED) is 0.0236. The van der Waals surface area contributed by atoms with Crippen LogP contribution in [-0.4, -0.2) is 210 Å². The van der Waals surface area contributed by atoms with Crippen LogP contribution in [0.25, 0.3) is 11.1 Å². The summed E-state index contributed by atoms with van der Waals surface area (Å²) in [6, 6.07) is 14.1. The number of benzene rings is 4. The number of nitrogens with two attached hydrogens (primary N) is 1. The minimum absolute atomic E-state index is 0.00340. The second-order valence-electron chi connectivity index (χ2n) is 26.3. The van der Waals surface area contributed by atoms with E-state index in [4.69, 9.17) is 10.5 Å². The zero-order valence-corrected chi connectivity index (χ0v) is 59.7. The lowest BCUT2D eigenvalue weighted by atomic mass is 9.90. The number of aromatic amines is 1. The zero-order chi connectivity index (χ0) is 78.0. The summed E-state index contributed by atoms with van der Waals surface area (Å²) < 4.78 is 20.9. The third-order valence-corrected chi connectivity index (χ3v) is 18.1. The summed E-state index contributed by atoms with van der Waals surface area (Å²) in [5, 5.41) is 73.0. The first-order chi connectivity index (χ1) is 50.3. The van der Waals surface area contributed by atoms with E-state index in [1.165, 1.54) is 36.4 Å². The second-order valence-corrected chi connectivity index (χ2v) is 26.3. The van der Waals surface area contributed by atoms with Gasteiger partial charge in [0.2, 0.25) is 65.0 Å². The van der Waals surface area contributed by atoms with Crippen molar-refractivity contribution < 1.29 is 97.0 Å². The predicted molar refractivity (Wildman–Crippen MR) is 379 cm³/mol. The molecule has 572 valence electrons. The summed E-state index contributed by atoms with van der Waals surface area (Å²) in [5.74, 6) is -15.1. The molecule has 0 radical (unpaired) electrons. The van der Waals surface area contributed by atoms with Crippen molar-refractivity contribution in [3.8, 4) is 16.9 Å². The Morgan fingerprint density at radius 1 is 0.689 bits per heavy atom. The molecule has 33 heteroatoms. The van der Waals surface area contributed by atoms with Gasteiger partial charge in [-0.2, -0.15) is 0 Å². The number of carbonyl (C=O) groups is 13. The highest BCUT2D eigenvalue weighted by molar-refractivity contribution is 6.01. The van der Waals surface area contributed by atoms with Crippen LogP contribution in [0.2, 0.25) is 0 Å². The van der Waals surface area contributed by atoms with Gasteiger partial charge in [-0.05, 0) is 131 Å². The lowest BCUT2D eigenvalue weighted by molar-refractivity contribution is -0.145. The van der Waals surface area contributed by atoms with Gasteiger partial charge in [0.15, 0.2) is 0 Å². The number of rotatable bonds is 41. The smallest absolute Gasteiger partial charge is 0.305 e. The lowest BCUT2D eigenvalue weighted by Gasteiger charge is -2.35.